The van der Waals surface area contributed by atoms with Crippen LogP contribution >= 0.6 is 0 Å². The number of carbonyl (C=O) groups is 2. The lowest BCUT2D eigenvalue weighted by atomic mass is 10.0. The first-order valence-electron chi connectivity index (χ1n) is 8.65. The lowest BCUT2D eigenvalue weighted by Gasteiger charge is -2.15. The maximum absolute atomic E-state index is 12.7. The van der Waals surface area contributed by atoms with E-state index in [0.29, 0.717) is 5.56 Å². The number of hydrogen-bond acceptors (Lipinski definition) is 3. The summed E-state index contributed by atoms with van der Waals surface area (Å²) >= 11 is 0. The van der Waals surface area contributed by atoms with Gasteiger partial charge in [0.1, 0.15) is 6.04 Å². The summed E-state index contributed by atoms with van der Waals surface area (Å²) < 4.78 is 1.74. The second-order valence-corrected chi connectivity index (χ2v) is 6.51. The molecule has 0 bridgehead atoms. The number of carboxylic acids is 1. The molecule has 6 heteroatoms. The number of aromatic nitrogens is 2. The second-order valence-electron chi connectivity index (χ2n) is 6.51. The molecule has 1 heterocycles. The van der Waals surface area contributed by atoms with Crippen LogP contribution in [0.4, 0.5) is 0 Å². The Bertz CT molecular complexity index is 804. The predicted molar refractivity (Wildman–Crippen MR) is 101 cm³/mol. The number of carbonyl (C=O) groups excluding carboxylic acids is 1. The van der Waals surface area contributed by atoms with E-state index in [1.165, 1.54) is 6.20 Å². The van der Waals surface area contributed by atoms with Gasteiger partial charge < -0.3 is 10.4 Å². The summed E-state index contributed by atoms with van der Waals surface area (Å²) in [6.07, 6.45) is 5.22. The number of hydrogen-bond donors (Lipinski definition) is 2. The lowest BCUT2D eigenvalue weighted by Crippen LogP contribution is -2.40. The van der Waals surface area contributed by atoms with Crippen LogP contribution in [0.2, 0.25) is 0 Å². The molecule has 0 saturated heterocycles. The van der Waals surface area contributed by atoms with Crippen molar-refractivity contribution in [2.75, 3.05) is 0 Å². The van der Waals surface area contributed by atoms with Crippen molar-refractivity contribution in [3.8, 4) is 5.69 Å². The van der Waals surface area contributed by atoms with Crippen LogP contribution in [0, 0.1) is 6.92 Å². The van der Waals surface area contributed by atoms with Gasteiger partial charge in [0.25, 0.3) is 5.91 Å². The zero-order chi connectivity index (χ0) is 19.3. The van der Waals surface area contributed by atoms with Gasteiger partial charge in [-0.1, -0.05) is 43.7 Å². The van der Waals surface area contributed by atoms with E-state index in [1.54, 1.807) is 16.8 Å². The number of benzene rings is 1. The zero-order valence-electron chi connectivity index (χ0n) is 15.6. The molecule has 0 radical (unpaired) electrons. The first-order chi connectivity index (χ1) is 12.3. The second kappa shape index (κ2) is 8.47. The third kappa shape index (κ3) is 4.39. The van der Waals surface area contributed by atoms with E-state index in [1.807, 2.05) is 52.0 Å². The molecule has 1 unspecified atom stereocenters. The molecule has 6 nitrogen and oxygen atoms in total. The molecule has 26 heavy (non-hydrogen) atoms. The van der Waals surface area contributed by atoms with Gasteiger partial charge in [0.2, 0.25) is 0 Å². The van der Waals surface area contributed by atoms with Crippen LogP contribution in [0.1, 0.15) is 54.7 Å². The van der Waals surface area contributed by atoms with Crippen molar-refractivity contribution in [1.29, 1.82) is 0 Å². The SMILES string of the molecule is C/C=C/CC(NC(=O)c1cnn(-c2ccc(C)cc2)c1C(C)C)C(=O)O. The Labute approximate surface area is 153 Å². The Balaban J connectivity index is 2.35. The topological polar surface area (TPSA) is 84.2 Å². The van der Waals surface area contributed by atoms with Crippen molar-refractivity contribution in [3.63, 3.8) is 0 Å². The number of carboxylic acid groups (broad SMARTS) is 1. The molecular weight excluding hydrogens is 330 g/mol. The molecule has 0 aliphatic heterocycles. The molecule has 138 valence electrons. The van der Waals surface area contributed by atoms with Gasteiger partial charge in [0, 0.05) is 0 Å². The van der Waals surface area contributed by atoms with Gasteiger partial charge in [-0.15, -0.1) is 0 Å². The zero-order valence-corrected chi connectivity index (χ0v) is 15.6. The highest BCUT2D eigenvalue weighted by molar-refractivity contribution is 5.97. The maximum atomic E-state index is 12.7. The summed E-state index contributed by atoms with van der Waals surface area (Å²) in [5.41, 5.74) is 3.15. The summed E-state index contributed by atoms with van der Waals surface area (Å²) in [5.74, 6) is -1.45. The summed E-state index contributed by atoms with van der Waals surface area (Å²) in [6.45, 7) is 7.77. The van der Waals surface area contributed by atoms with E-state index in [-0.39, 0.29) is 12.3 Å². The standard InChI is InChI=1S/C20H25N3O3/c1-5-6-7-17(20(25)26)22-19(24)16-12-21-23(18(16)13(2)3)15-10-8-14(4)9-11-15/h5-6,8-13,17H,7H2,1-4H3,(H,22,24)(H,25,26)/b6-5+. The molecule has 1 aromatic carbocycles. The smallest absolute Gasteiger partial charge is 0.326 e. The van der Waals surface area contributed by atoms with Gasteiger partial charge in [-0.05, 0) is 38.3 Å². The molecule has 1 atom stereocenters. The van der Waals surface area contributed by atoms with Gasteiger partial charge in [-0.25, -0.2) is 9.48 Å². The van der Waals surface area contributed by atoms with E-state index in [9.17, 15) is 14.7 Å². The van der Waals surface area contributed by atoms with Crippen LogP contribution in [0.15, 0.2) is 42.6 Å². The van der Waals surface area contributed by atoms with E-state index < -0.39 is 17.9 Å². The Hall–Kier alpha value is -2.89. The minimum atomic E-state index is -1.06. The fourth-order valence-corrected chi connectivity index (χ4v) is 2.71. The Morgan fingerprint density at radius 2 is 1.92 bits per heavy atom. The fourth-order valence-electron chi connectivity index (χ4n) is 2.71. The molecule has 1 amide bonds. The summed E-state index contributed by atoms with van der Waals surface area (Å²) in [5, 5.41) is 16.3. The number of amides is 1. The van der Waals surface area contributed by atoms with Crippen LogP contribution in [0.3, 0.4) is 0 Å². The lowest BCUT2D eigenvalue weighted by molar-refractivity contribution is -0.139. The number of aliphatic carboxylic acids is 1. The highest BCUT2D eigenvalue weighted by atomic mass is 16.4. The van der Waals surface area contributed by atoms with Crippen LogP contribution in [0.25, 0.3) is 5.69 Å². The summed E-state index contributed by atoms with van der Waals surface area (Å²) in [7, 11) is 0. The van der Waals surface area contributed by atoms with Gasteiger partial charge in [0.15, 0.2) is 0 Å². The Kier molecular flexibility index (Phi) is 6.33. The van der Waals surface area contributed by atoms with E-state index in [4.69, 9.17) is 0 Å². The first kappa shape index (κ1) is 19.4. The quantitative estimate of drug-likeness (QED) is 0.745. The van der Waals surface area contributed by atoms with E-state index in [0.717, 1.165) is 16.9 Å². The van der Waals surface area contributed by atoms with Gasteiger partial charge in [-0.2, -0.15) is 5.10 Å². The highest BCUT2D eigenvalue weighted by Crippen LogP contribution is 2.23. The summed E-state index contributed by atoms with van der Waals surface area (Å²) in [4.78, 5) is 24.1. The average molecular weight is 355 g/mol. The van der Waals surface area contributed by atoms with Crippen LogP contribution in [0.5, 0.6) is 0 Å². The van der Waals surface area contributed by atoms with Crippen LogP contribution in [-0.2, 0) is 4.79 Å². The molecule has 2 N–H and O–H groups in total. The van der Waals surface area contributed by atoms with Crippen molar-refractivity contribution >= 4 is 11.9 Å². The molecule has 2 rings (SSSR count). The van der Waals surface area contributed by atoms with Crippen molar-refractivity contribution in [2.45, 2.75) is 46.1 Å². The fraction of sp³-hybridized carbons (Fsp3) is 0.350. The van der Waals surface area contributed by atoms with Gasteiger partial charge >= 0.3 is 5.97 Å². The van der Waals surface area contributed by atoms with Crippen LogP contribution < -0.4 is 5.32 Å². The third-order valence-electron chi connectivity index (χ3n) is 4.09. The molecule has 1 aromatic heterocycles. The predicted octanol–water partition coefficient (Wildman–Crippen LogP) is 3.45. The molecule has 0 spiro atoms. The monoisotopic (exact) mass is 355 g/mol. The maximum Gasteiger partial charge on any atom is 0.326 e. The molecule has 2 aromatic rings. The normalized spacial score (nSPS) is 12.5. The number of rotatable bonds is 7. The molecule has 0 aliphatic rings. The largest absolute Gasteiger partial charge is 0.480 e. The Morgan fingerprint density at radius 1 is 1.27 bits per heavy atom. The summed E-state index contributed by atoms with van der Waals surface area (Å²) in [6, 6.07) is 6.89. The highest BCUT2D eigenvalue weighted by Gasteiger charge is 2.25. The number of aryl methyl sites for hydroxylation is 1. The van der Waals surface area contributed by atoms with Crippen molar-refractivity contribution in [2.24, 2.45) is 0 Å². The number of nitrogens with zero attached hydrogens (tertiary/aromatic N) is 2. The van der Waals surface area contributed by atoms with Crippen LogP contribution in [-0.4, -0.2) is 32.8 Å². The van der Waals surface area contributed by atoms with Crippen molar-refractivity contribution in [1.82, 2.24) is 15.1 Å². The van der Waals surface area contributed by atoms with Crippen molar-refractivity contribution < 1.29 is 14.7 Å². The molecule has 0 fully saturated rings. The van der Waals surface area contributed by atoms with E-state index in [2.05, 4.69) is 10.4 Å². The number of allylic oxidation sites excluding steroid dienone is 1. The van der Waals surface area contributed by atoms with Crippen molar-refractivity contribution in [3.05, 3.63) is 59.4 Å². The molecule has 0 aliphatic carbocycles. The minimum Gasteiger partial charge on any atom is -0.480 e. The van der Waals surface area contributed by atoms with Gasteiger partial charge in [0.05, 0.1) is 23.1 Å². The van der Waals surface area contributed by atoms with E-state index >= 15 is 0 Å². The Morgan fingerprint density at radius 3 is 2.46 bits per heavy atom. The van der Waals surface area contributed by atoms with Gasteiger partial charge in [-0.3, -0.25) is 4.79 Å². The minimum absolute atomic E-state index is 0.0402. The average Bonchev–Trinajstić information content (AvgIpc) is 3.04. The molecular formula is C20H25N3O3. The first-order valence-corrected chi connectivity index (χ1v) is 8.65. The third-order valence-corrected chi connectivity index (χ3v) is 4.09. The molecule has 0 saturated carbocycles. The number of nitrogens with one attached hydrogen (secondary N) is 1.